The highest BCUT2D eigenvalue weighted by Gasteiger charge is 2.34. The van der Waals surface area contributed by atoms with E-state index in [1.54, 1.807) is 18.2 Å². The summed E-state index contributed by atoms with van der Waals surface area (Å²) in [5, 5.41) is 10.8. The Labute approximate surface area is 189 Å². The number of allylic oxidation sites excluding steroid dienone is 2. The van der Waals surface area contributed by atoms with Crippen LogP contribution in [0.25, 0.3) is 5.57 Å². The molecular weight excluding hydrogens is 441 g/mol. The maximum atomic E-state index is 13.0. The van der Waals surface area contributed by atoms with Crippen molar-refractivity contribution in [2.24, 2.45) is 11.8 Å². The maximum absolute atomic E-state index is 13.0. The summed E-state index contributed by atoms with van der Waals surface area (Å²) in [6.45, 7) is 1.98. The highest BCUT2D eigenvalue weighted by Crippen LogP contribution is 2.43. The number of ether oxygens (including phenoxy) is 2. The molecule has 2 unspecified atom stereocenters. The zero-order chi connectivity index (χ0) is 23.5. The van der Waals surface area contributed by atoms with Crippen molar-refractivity contribution in [1.82, 2.24) is 0 Å². The minimum absolute atomic E-state index is 0.000398. The lowest BCUT2D eigenvalue weighted by Crippen LogP contribution is -2.25. The Morgan fingerprint density at radius 3 is 2.16 bits per heavy atom. The number of methoxy groups -OCH3 is 2. The van der Waals surface area contributed by atoms with Gasteiger partial charge in [-0.05, 0) is 48.2 Å². The SMILES string of the molecule is COc1cccc(OC)c1C1=C(O)CC(C(C)CSc2ccc(C(F)(F)F)cc2)CC1=O. The lowest BCUT2D eigenvalue weighted by atomic mass is 9.78. The van der Waals surface area contributed by atoms with Crippen molar-refractivity contribution in [3.05, 3.63) is 59.4 Å². The number of rotatable bonds is 7. The Bertz CT molecular complexity index is 977. The molecule has 1 aliphatic rings. The molecule has 8 heteroatoms. The Balaban J connectivity index is 1.72. The summed E-state index contributed by atoms with van der Waals surface area (Å²) in [5.41, 5.74) is -0.00879. The van der Waals surface area contributed by atoms with Crippen LogP contribution in [0.15, 0.2) is 53.1 Å². The van der Waals surface area contributed by atoms with Crippen LogP contribution in [-0.4, -0.2) is 30.9 Å². The molecule has 1 N–H and O–H groups in total. The lowest BCUT2D eigenvalue weighted by Gasteiger charge is -2.29. The minimum Gasteiger partial charge on any atom is -0.512 e. The first-order valence-corrected chi connectivity index (χ1v) is 11.1. The standard InChI is InChI=1S/C24H25F3O4S/c1-14(13-32-17-9-7-16(8-10-17)24(25,26)27)15-11-18(28)22(19(29)12-15)23-20(30-2)5-4-6-21(23)31-3/h4-10,14-15,28H,11-13H2,1-3H3. The van der Waals surface area contributed by atoms with Gasteiger partial charge in [0, 0.05) is 23.5 Å². The first-order valence-electron chi connectivity index (χ1n) is 10.1. The van der Waals surface area contributed by atoms with Gasteiger partial charge in [0.05, 0.1) is 30.9 Å². The second kappa shape index (κ2) is 9.90. The Morgan fingerprint density at radius 2 is 1.66 bits per heavy atom. The van der Waals surface area contributed by atoms with E-state index in [1.165, 1.54) is 38.1 Å². The van der Waals surface area contributed by atoms with Crippen LogP contribution in [0.3, 0.4) is 0 Å². The van der Waals surface area contributed by atoms with Gasteiger partial charge < -0.3 is 14.6 Å². The van der Waals surface area contributed by atoms with Gasteiger partial charge in [-0.2, -0.15) is 13.2 Å². The number of thioether (sulfide) groups is 1. The largest absolute Gasteiger partial charge is 0.512 e. The van der Waals surface area contributed by atoms with Gasteiger partial charge in [0.1, 0.15) is 17.3 Å². The Morgan fingerprint density at radius 1 is 1.06 bits per heavy atom. The van der Waals surface area contributed by atoms with Crippen molar-refractivity contribution in [3.63, 3.8) is 0 Å². The molecule has 0 aromatic heterocycles. The van der Waals surface area contributed by atoms with Crippen molar-refractivity contribution < 1.29 is 32.5 Å². The van der Waals surface area contributed by atoms with E-state index in [0.29, 0.717) is 29.2 Å². The van der Waals surface area contributed by atoms with Gasteiger partial charge >= 0.3 is 6.18 Å². The monoisotopic (exact) mass is 466 g/mol. The van der Waals surface area contributed by atoms with Crippen LogP contribution >= 0.6 is 11.8 Å². The topological polar surface area (TPSA) is 55.8 Å². The van der Waals surface area contributed by atoms with Crippen LogP contribution in [0.5, 0.6) is 11.5 Å². The number of hydrogen-bond acceptors (Lipinski definition) is 5. The van der Waals surface area contributed by atoms with Crippen molar-refractivity contribution in [1.29, 1.82) is 0 Å². The number of carbonyl (C=O) groups is 1. The number of alkyl halides is 3. The average Bonchev–Trinajstić information content (AvgIpc) is 2.76. The summed E-state index contributed by atoms with van der Waals surface area (Å²) >= 11 is 1.44. The third-order valence-electron chi connectivity index (χ3n) is 5.65. The summed E-state index contributed by atoms with van der Waals surface area (Å²) in [6.07, 6.45) is -3.77. The van der Waals surface area contributed by atoms with Gasteiger partial charge in [-0.15, -0.1) is 11.8 Å². The zero-order valence-electron chi connectivity index (χ0n) is 18.0. The first kappa shape index (κ1) is 24.0. The van der Waals surface area contributed by atoms with E-state index < -0.39 is 11.7 Å². The van der Waals surface area contributed by atoms with Crippen LogP contribution in [0.2, 0.25) is 0 Å². The van der Waals surface area contributed by atoms with Crippen LogP contribution in [0, 0.1) is 11.8 Å². The van der Waals surface area contributed by atoms with E-state index in [-0.39, 0.29) is 35.4 Å². The number of halogens is 3. The Hall–Kier alpha value is -2.61. The summed E-state index contributed by atoms with van der Waals surface area (Å²) in [5.74, 6) is 1.31. The van der Waals surface area contributed by atoms with Crippen LogP contribution in [0.4, 0.5) is 13.2 Å². The average molecular weight is 467 g/mol. The summed E-state index contributed by atoms with van der Waals surface area (Å²) < 4.78 is 48.9. The molecule has 0 saturated heterocycles. The smallest absolute Gasteiger partial charge is 0.416 e. The normalized spacial score (nSPS) is 17.9. The molecule has 0 spiro atoms. The van der Waals surface area contributed by atoms with Crippen molar-refractivity contribution in [2.75, 3.05) is 20.0 Å². The number of ketones is 1. The zero-order valence-corrected chi connectivity index (χ0v) is 18.8. The number of carbonyl (C=O) groups excluding carboxylic acids is 1. The number of benzene rings is 2. The van der Waals surface area contributed by atoms with Gasteiger partial charge in [0.2, 0.25) is 0 Å². The van der Waals surface area contributed by atoms with E-state index in [4.69, 9.17) is 9.47 Å². The molecule has 0 amide bonds. The van der Waals surface area contributed by atoms with Crippen LogP contribution < -0.4 is 9.47 Å². The van der Waals surface area contributed by atoms with E-state index in [2.05, 4.69) is 0 Å². The van der Waals surface area contributed by atoms with Crippen molar-refractivity contribution >= 4 is 23.1 Å². The van der Waals surface area contributed by atoms with E-state index >= 15 is 0 Å². The fourth-order valence-corrected chi connectivity index (χ4v) is 4.87. The van der Waals surface area contributed by atoms with E-state index in [0.717, 1.165) is 17.0 Å². The van der Waals surface area contributed by atoms with Gasteiger partial charge in [-0.25, -0.2) is 0 Å². The molecule has 1 aliphatic carbocycles. The van der Waals surface area contributed by atoms with Crippen molar-refractivity contribution in [3.8, 4) is 11.5 Å². The molecule has 0 bridgehead atoms. The fraction of sp³-hybridized carbons (Fsp3) is 0.375. The van der Waals surface area contributed by atoms with E-state index in [1.807, 2.05) is 6.92 Å². The molecule has 3 rings (SSSR count). The second-order valence-electron chi connectivity index (χ2n) is 7.76. The molecule has 0 fully saturated rings. The highest BCUT2D eigenvalue weighted by atomic mass is 32.2. The lowest BCUT2D eigenvalue weighted by molar-refractivity contribution is -0.137. The minimum atomic E-state index is -4.36. The first-order chi connectivity index (χ1) is 15.2. The number of hydrogen-bond donors (Lipinski definition) is 1. The molecule has 2 atom stereocenters. The highest BCUT2D eigenvalue weighted by molar-refractivity contribution is 7.99. The van der Waals surface area contributed by atoms with Gasteiger partial charge in [-0.3, -0.25) is 4.79 Å². The molecule has 32 heavy (non-hydrogen) atoms. The van der Waals surface area contributed by atoms with Gasteiger partial charge in [-0.1, -0.05) is 13.0 Å². The predicted octanol–water partition coefficient (Wildman–Crippen LogP) is 6.40. The molecule has 0 aliphatic heterocycles. The van der Waals surface area contributed by atoms with Crippen molar-refractivity contribution in [2.45, 2.75) is 30.8 Å². The quantitative estimate of drug-likeness (QED) is 0.479. The van der Waals surface area contributed by atoms with E-state index in [9.17, 15) is 23.1 Å². The number of Topliss-reactive ketones (excluding diaryl/α,β-unsaturated/α-hetero) is 1. The van der Waals surface area contributed by atoms with Gasteiger partial charge in [0.15, 0.2) is 5.78 Å². The fourth-order valence-electron chi connectivity index (χ4n) is 3.81. The summed E-state index contributed by atoms with van der Waals surface area (Å²) in [6, 6.07) is 10.2. The molecule has 0 heterocycles. The predicted molar refractivity (Wildman–Crippen MR) is 118 cm³/mol. The summed E-state index contributed by atoms with van der Waals surface area (Å²) in [4.78, 5) is 13.7. The molecule has 0 radical (unpaired) electrons. The molecule has 0 saturated carbocycles. The Kier molecular flexibility index (Phi) is 7.44. The molecule has 4 nitrogen and oxygen atoms in total. The number of aliphatic hydroxyl groups is 1. The van der Waals surface area contributed by atoms with Crippen LogP contribution in [-0.2, 0) is 11.0 Å². The second-order valence-corrected chi connectivity index (χ2v) is 8.85. The maximum Gasteiger partial charge on any atom is 0.416 e. The van der Waals surface area contributed by atoms with Crippen LogP contribution in [0.1, 0.15) is 30.9 Å². The third-order valence-corrected chi connectivity index (χ3v) is 6.95. The van der Waals surface area contributed by atoms with Gasteiger partial charge in [0.25, 0.3) is 0 Å². The molecule has 172 valence electrons. The molecule has 2 aromatic rings. The molecular formula is C24H25F3O4S. The third kappa shape index (κ3) is 5.23. The number of aliphatic hydroxyl groups excluding tert-OH is 1. The molecule has 2 aromatic carbocycles. The summed E-state index contributed by atoms with van der Waals surface area (Å²) in [7, 11) is 2.99.